The lowest BCUT2D eigenvalue weighted by atomic mass is 9.32. The number of methoxy groups -OCH3 is 1. The third-order valence-corrected chi connectivity index (χ3v) is 15.1. The quantitative estimate of drug-likeness (QED) is 0.224. The Kier molecular flexibility index (Phi) is 7.50. The molecule has 3 saturated carbocycles. The van der Waals surface area contributed by atoms with E-state index >= 15 is 0 Å². The molecule has 8 atom stereocenters. The second kappa shape index (κ2) is 11.0. The van der Waals surface area contributed by atoms with E-state index < -0.39 is 16.6 Å². The molecular weight excluding hydrogens is 622 g/mol. The largest absolute Gasteiger partial charge is 0.497 e. The minimum absolute atomic E-state index is 0.0608. The summed E-state index contributed by atoms with van der Waals surface area (Å²) in [6, 6.07) is 15.0. The number of fused-ring (bicyclic) bond motifs is 1. The minimum atomic E-state index is -0.912. The number of aliphatic hydroxyl groups is 3. The standard InChI is InChI=1S/C41H50ClNO5/c1-36-15-12-30(44)24-38(36)18-19-41(32(25-38)35(45)27-4-10-31(48-3)11-5-27)33(36)13-16-37(2)34(41)14-17-40(37,47)26-43-22-20-39(46,21-23-43)28-6-8-29(42)9-7-28/h4-11,18-19,25,30,33-34,44,46-47H,12-17,20-24,26H2,1-3H3. The first kappa shape index (κ1) is 32.7. The lowest BCUT2D eigenvalue weighted by Crippen LogP contribution is -2.67. The Hall–Kier alpha value is -2.48. The van der Waals surface area contributed by atoms with Crippen molar-refractivity contribution < 1.29 is 24.9 Å². The maximum Gasteiger partial charge on any atom is 0.189 e. The summed E-state index contributed by atoms with van der Waals surface area (Å²) in [4.78, 5) is 17.1. The number of benzene rings is 2. The minimum Gasteiger partial charge on any atom is -0.497 e. The molecule has 256 valence electrons. The Morgan fingerprint density at radius 1 is 0.875 bits per heavy atom. The first-order valence-electron chi connectivity index (χ1n) is 18.1. The van der Waals surface area contributed by atoms with Gasteiger partial charge in [0.25, 0.3) is 0 Å². The molecule has 2 spiro atoms. The van der Waals surface area contributed by atoms with Crippen molar-refractivity contribution in [2.24, 2.45) is 33.5 Å². The van der Waals surface area contributed by atoms with Crippen LogP contribution in [0.15, 0.2) is 72.3 Å². The molecule has 8 unspecified atom stereocenters. The number of rotatable bonds is 6. The number of carbonyl (C=O) groups excluding carboxylic acids is 1. The monoisotopic (exact) mass is 671 g/mol. The molecule has 9 rings (SSSR count). The highest BCUT2D eigenvalue weighted by molar-refractivity contribution is 6.30. The number of halogens is 1. The summed E-state index contributed by atoms with van der Waals surface area (Å²) in [5, 5.41) is 36.0. The lowest BCUT2D eigenvalue weighted by Gasteiger charge is -2.71. The zero-order chi connectivity index (χ0) is 33.7. The molecular formula is C41H50ClNO5. The Morgan fingerprint density at radius 2 is 1.52 bits per heavy atom. The van der Waals surface area contributed by atoms with E-state index in [9.17, 15) is 20.1 Å². The van der Waals surface area contributed by atoms with Gasteiger partial charge in [-0.1, -0.05) is 55.8 Å². The van der Waals surface area contributed by atoms with Gasteiger partial charge < -0.3 is 25.0 Å². The number of Topliss-reactive ketones (excluding diaryl/α,β-unsaturated/α-hetero) is 1. The molecule has 1 heterocycles. The van der Waals surface area contributed by atoms with E-state index in [2.05, 4.69) is 37.0 Å². The van der Waals surface area contributed by atoms with Crippen LogP contribution in [0.2, 0.25) is 5.02 Å². The molecule has 0 amide bonds. The van der Waals surface area contributed by atoms with Crippen molar-refractivity contribution in [1.82, 2.24) is 4.90 Å². The van der Waals surface area contributed by atoms with Crippen molar-refractivity contribution >= 4 is 17.4 Å². The number of aliphatic hydroxyl groups excluding tert-OH is 1. The van der Waals surface area contributed by atoms with Crippen LogP contribution in [0, 0.1) is 33.5 Å². The third-order valence-electron chi connectivity index (χ3n) is 14.9. The molecule has 0 aromatic heterocycles. The number of likely N-dealkylation sites (tertiary alicyclic amines) is 1. The van der Waals surface area contributed by atoms with E-state index in [1.54, 1.807) is 7.11 Å². The van der Waals surface area contributed by atoms with Gasteiger partial charge in [0.05, 0.1) is 24.4 Å². The van der Waals surface area contributed by atoms with Crippen LogP contribution in [0.4, 0.5) is 0 Å². The van der Waals surface area contributed by atoms with Gasteiger partial charge in [-0.2, -0.15) is 0 Å². The van der Waals surface area contributed by atoms with Gasteiger partial charge in [0.1, 0.15) is 5.75 Å². The molecule has 3 N–H and O–H groups in total. The molecule has 2 aromatic rings. The van der Waals surface area contributed by atoms with Crippen molar-refractivity contribution in [3.63, 3.8) is 0 Å². The topological polar surface area (TPSA) is 90.2 Å². The van der Waals surface area contributed by atoms with Crippen LogP contribution in [0.25, 0.3) is 0 Å². The number of nitrogens with zero attached hydrogens (tertiary/aromatic N) is 1. The zero-order valence-electron chi connectivity index (χ0n) is 28.6. The number of hydrogen-bond donors (Lipinski definition) is 3. The second-order valence-corrected chi connectivity index (χ2v) is 17.1. The normalized spacial score (nSPS) is 41.2. The van der Waals surface area contributed by atoms with E-state index in [1.165, 1.54) is 0 Å². The maximum atomic E-state index is 14.8. The molecule has 2 aromatic carbocycles. The van der Waals surface area contributed by atoms with Crippen LogP contribution in [-0.4, -0.2) is 64.5 Å². The van der Waals surface area contributed by atoms with E-state index in [0.717, 1.165) is 49.0 Å². The van der Waals surface area contributed by atoms with Gasteiger partial charge in [-0.3, -0.25) is 4.79 Å². The SMILES string of the molecule is COc1ccc(C(=O)C2=CC34C=CC25C(CCC2(C)C5CCC2(O)CN2CCC(O)(c5ccc(Cl)cc5)CC2)C3(C)CCC(O)C4)cc1. The predicted molar refractivity (Wildman–Crippen MR) is 187 cm³/mol. The summed E-state index contributed by atoms with van der Waals surface area (Å²) in [6.45, 7) is 6.71. The molecule has 1 aliphatic heterocycles. The molecule has 6 nitrogen and oxygen atoms in total. The number of piperidine rings is 1. The highest BCUT2D eigenvalue weighted by atomic mass is 35.5. The van der Waals surface area contributed by atoms with Crippen molar-refractivity contribution in [1.29, 1.82) is 0 Å². The van der Waals surface area contributed by atoms with Gasteiger partial charge in [0.15, 0.2) is 5.78 Å². The lowest BCUT2D eigenvalue weighted by molar-refractivity contribution is -0.178. The zero-order valence-corrected chi connectivity index (χ0v) is 29.3. The van der Waals surface area contributed by atoms with Crippen LogP contribution in [0.1, 0.15) is 87.6 Å². The molecule has 7 aliphatic rings. The highest BCUT2D eigenvalue weighted by Crippen LogP contribution is 2.78. The van der Waals surface area contributed by atoms with Gasteiger partial charge in [-0.15, -0.1) is 0 Å². The molecule has 2 bridgehead atoms. The van der Waals surface area contributed by atoms with Crippen molar-refractivity contribution in [2.45, 2.75) is 88.9 Å². The molecule has 7 heteroatoms. The number of ketones is 1. The van der Waals surface area contributed by atoms with Crippen LogP contribution in [0.3, 0.4) is 0 Å². The number of hydrogen-bond acceptors (Lipinski definition) is 6. The Morgan fingerprint density at radius 3 is 2.21 bits per heavy atom. The summed E-state index contributed by atoms with van der Waals surface area (Å²) >= 11 is 6.12. The summed E-state index contributed by atoms with van der Waals surface area (Å²) in [5.41, 5.74) is -0.664. The van der Waals surface area contributed by atoms with Crippen LogP contribution in [0.5, 0.6) is 5.75 Å². The van der Waals surface area contributed by atoms with Crippen LogP contribution in [-0.2, 0) is 5.60 Å². The molecule has 4 fully saturated rings. The average molecular weight is 672 g/mol. The fourth-order valence-electron chi connectivity index (χ4n) is 12.0. The summed E-state index contributed by atoms with van der Waals surface area (Å²) in [7, 11) is 1.63. The van der Waals surface area contributed by atoms with Crippen molar-refractivity contribution in [2.75, 3.05) is 26.7 Å². The molecule has 48 heavy (non-hydrogen) atoms. The van der Waals surface area contributed by atoms with E-state index in [0.29, 0.717) is 55.9 Å². The second-order valence-electron chi connectivity index (χ2n) is 16.7. The summed E-state index contributed by atoms with van der Waals surface area (Å²) in [5.74, 6) is 1.15. The van der Waals surface area contributed by atoms with Crippen molar-refractivity contribution in [3.8, 4) is 5.75 Å². The fraction of sp³-hybridized carbons (Fsp3) is 0.585. The smallest absolute Gasteiger partial charge is 0.189 e. The van der Waals surface area contributed by atoms with Gasteiger partial charge in [0, 0.05) is 52.0 Å². The molecule has 1 saturated heterocycles. The van der Waals surface area contributed by atoms with Crippen molar-refractivity contribution in [3.05, 3.63) is 88.5 Å². The maximum absolute atomic E-state index is 14.8. The van der Waals surface area contributed by atoms with Crippen LogP contribution < -0.4 is 4.74 Å². The third kappa shape index (κ3) is 4.41. The van der Waals surface area contributed by atoms with E-state index in [-0.39, 0.29) is 40.0 Å². The first-order valence-corrected chi connectivity index (χ1v) is 18.4. The molecule has 0 radical (unpaired) electrons. The van der Waals surface area contributed by atoms with Gasteiger partial charge in [-0.05, 0) is 117 Å². The number of allylic oxidation sites excluding steroid dienone is 4. The van der Waals surface area contributed by atoms with Gasteiger partial charge >= 0.3 is 0 Å². The van der Waals surface area contributed by atoms with Gasteiger partial charge in [0.2, 0.25) is 0 Å². The van der Waals surface area contributed by atoms with E-state index in [1.807, 2.05) is 48.5 Å². The number of ether oxygens (including phenoxy) is 1. The van der Waals surface area contributed by atoms with Gasteiger partial charge in [-0.25, -0.2) is 0 Å². The highest BCUT2D eigenvalue weighted by Gasteiger charge is 2.74. The predicted octanol–water partition coefficient (Wildman–Crippen LogP) is 7.11. The number of carbonyl (C=O) groups is 1. The summed E-state index contributed by atoms with van der Waals surface area (Å²) in [6.07, 6.45) is 13.6. The Balaban J connectivity index is 1.13. The Labute approximate surface area is 289 Å². The molecule has 6 aliphatic carbocycles. The first-order chi connectivity index (χ1) is 22.8. The summed E-state index contributed by atoms with van der Waals surface area (Å²) < 4.78 is 5.40. The number of β-amino-alcohol motifs (C(OH)–C–C–N with tert-alkyl or cyclic N) is 1. The fourth-order valence-corrected chi connectivity index (χ4v) is 12.1. The Bertz CT molecular complexity index is 1660. The average Bonchev–Trinajstić information content (AvgIpc) is 3.35. The van der Waals surface area contributed by atoms with Crippen LogP contribution >= 0.6 is 11.6 Å². The van der Waals surface area contributed by atoms with E-state index in [4.69, 9.17) is 16.3 Å².